The first kappa shape index (κ1) is 13.1. The Labute approximate surface area is 113 Å². The summed E-state index contributed by atoms with van der Waals surface area (Å²) in [4.78, 5) is 14.1. The number of rotatable bonds is 3. The SMILES string of the molecule is Cc1cc(C)c2[nH]c(Br)c(CC(N)C(=O)O)c2c1. The molecule has 2 rings (SSSR count). The summed E-state index contributed by atoms with van der Waals surface area (Å²) in [6, 6.07) is 3.25. The maximum atomic E-state index is 10.9. The molecule has 4 nitrogen and oxygen atoms in total. The van der Waals surface area contributed by atoms with Crippen molar-refractivity contribution in [3.8, 4) is 0 Å². The smallest absolute Gasteiger partial charge is 0.320 e. The van der Waals surface area contributed by atoms with Crippen molar-refractivity contribution in [2.45, 2.75) is 26.3 Å². The van der Waals surface area contributed by atoms with E-state index in [1.54, 1.807) is 0 Å². The van der Waals surface area contributed by atoms with E-state index in [1.165, 1.54) is 0 Å². The number of carbonyl (C=O) groups is 1. The van der Waals surface area contributed by atoms with E-state index >= 15 is 0 Å². The summed E-state index contributed by atoms with van der Waals surface area (Å²) in [6.07, 6.45) is 0.304. The van der Waals surface area contributed by atoms with Crippen LogP contribution in [0.5, 0.6) is 0 Å². The number of aryl methyl sites for hydroxylation is 2. The predicted molar refractivity (Wildman–Crippen MR) is 74.8 cm³/mol. The molecule has 2 aromatic rings. The average molecular weight is 311 g/mol. The molecule has 0 bridgehead atoms. The standard InChI is InChI=1S/C13H15BrN2O2/c1-6-3-7(2)11-8(4-6)9(12(14)16-11)5-10(15)13(17)18/h3-4,10,16H,5,15H2,1-2H3,(H,17,18). The van der Waals surface area contributed by atoms with Gasteiger partial charge in [0.15, 0.2) is 0 Å². The lowest BCUT2D eigenvalue weighted by atomic mass is 10.0. The van der Waals surface area contributed by atoms with Crippen molar-refractivity contribution in [1.29, 1.82) is 0 Å². The van der Waals surface area contributed by atoms with Crippen LogP contribution in [-0.4, -0.2) is 22.1 Å². The van der Waals surface area contributed by atoms with Gasteiger partial charge in [-0.05, 0) is 47.0 Å². The van der Waals surface area contributed by atoms with Crippen molar-refractivity contribution in [3.63, 3.8) is 0 Å². The first-order valence-electron chi connectivity index (χ1n) is 5.66. The number of halogens is 1. The molecule has 96 valence electrons. The summed E-state index contributed by atoms with van der Waals surface area (Å²) in [7, 11) is 0. The van der Waals surface area contributed by atoms with Crippen LogP contribution in [0, 0.1) is 13.8 Å². The summed E-state index contributed by atoms with van der Waals surface area (Å²) in [5.41, 5.74) is 9.85. The van der Waals surface area contributed by atoms with Crippen molar-refractivity contribution < 1.29 is 9.90 Å². The lowest BCUT2D eigenvalue weighted by molar-refractivity contribution is -0.138. The molecule has 5 heteroatoms. The fourth-order valence-electron chi connectivity index (χ4n) is 2.18. The molecule has 1 aromatic heterocycles. The summed E-state index contributed by atoms with van der Waals surface area (Å²) in [6.45, 7) is 4.05. The number of H-pyrrole nitrogens is 1. The van der Waals surface area contributed by atoms with Crippen molar-refractivity contribution in [2.75, 3.05) is 0 Å². The number of nitrogens with one attached hydrogen (secondary N) is 1. The van der Waals surface area contributed by atoms with Crippen molar-refractivity contribution >= 4 is 32.8 Å². The van der Waals surface area contributed by atoms with E-state index in [-0.39, 0.29) is 0 Å². The van der Waals surface area contributed by atoms with Gasteiger partial charge in [-0.2, -0.15) is 0 Å². The topological polar surface area (TPSA) is 79.1 Å². The molecule has 1 heterocycles. The number of fused-ring (bicyclic) bond motifs is 1. The number of hydrogen-bond acceptors (Lipinski definition) is 2. The molecule has 0 aliphatic rings. The maximum absolute atomic E-state index is 10.9. The zero-order chi connectivity index (χ0) is 13.4. The molecule has 1 aromatic carbocycles. The Balaban J connectivity index is 2.56. The van der Waals surface area contributed by atoms with Crippen LogP contribution in [0.15, 0.2) is 16.7 Å². The lowest BCUT2D eigenvalue weighted by Crippen LogP contribution is -2.32. The number of aromatic nitrogens is 1. The van der Waals surface area contributed by atoms with Crippen LogP contribution < -0.4 is 5.73 Å². The van der Waals surface area contributed by atoms with E-state index in [0.717, 1.165) is 32.2 Å². The third-order valence-electron chi connectivity index (χ3n) is 3.05. The second kappa shape index (κ2) is 4.74. The van der Waals surface area contributed by atoms with Gasteiger partial charge in [0, 0.05) is 17.3 Å². The minimum atomic E-state index is -0.986. The highest BCUT2D eigenvalue weighted by Crippen LogP contribution is 2.30. The number of carboxylic acid groups (broad SMARTS) is 1. The zero-order valence-electron chi connectivity index (χ0n) is 10.2. The molecule has 1 unspecified atom stereocenters. The van der Waals surface area contributed by atoms with Crippen LogP contribution in [-0.2, 0) is 11.2 Å². The van der Waals surface area contributed by atoms with Crippen LogP contribution in [0.2, 0.25) is 0 Å². The second-order valence-electron chi connectivity index (χ2n) is 4.57. The largest absolute Gasteiger partial charge is 0.480 e. The van der Waals surface area contributed by atoms with Crippen molar-refractivity contribution in [1.82, 2.24) is 4.98 Å². The van der Waals surface area contributed by atoms with Gasteiger partial charge in [0.25, 0.3) is 0 Å². The third-order valence-corrected chi connectivity index (χ3v) is 3.72. The average Bonchev–Trinajstić information content (AvgIpc) is 2.57. The number of carboxylic acids is 1. The van der Waals surface area contributed by atoms with Crippen molar-refractivity contribution in [3.05, 3.63) is 33.4 Å². The monoisotopic (exact) mass is 310 g/mol. The Bertz CT molecular complexity index is 619. The van der Waals surface area contributed by atoms with Crippen molar-refractivity contribution in [2.24, 2.45) is 5.73 Å². The van der Waals surface area contributed by atoms with E-state index in [4.69, 9.17) is 10.8 Å². The maximum Gasteiger partial charge on any atom is 0.320 e. The first-order chi connectivity index (χ1) is 8.40. The molecular weight excluding hydrogens is 296 g/mol. The molecule has 0 fully saturated rings. The molecule has 0 aliphatic carbocycles. The van der Waals surface area contributed by atoms with E-state index in [2.05, 4.69) is 27.0 Å². The minimum Gasteiger partial charge on any atom is -0.480 e. The fourth-order valence-corrected chi connectivity index (χ4v) is 2.76. The summed E-state index contributed by atoms with van der Waals surface area (Å²) >= 11 is 3.44. The molecule has 0 saturated heterocycles. The zero-order valence-corrected chi connectivity index (χ0v) is 11.8. The van der Waals surface area contributed by atoms with Gasteiger partial charge in [-0.3, -0.25) is 4.79 Å². The molecule has 1 atom stereocenters. The number of hydrogen-bond donors (Lipinski definition) is 3. The Morgan fingerprint density at radius 2 is 2.17 bits per heavy atom. The van der Waals surface area contributed by atoms with E-state index in [0.29, 0.717) is 6.42 Å². The van der Waals surface area contributed by atoms with Gasteiger partial charge >= 0.3 is 5.97 Å². The van der Waals surface area contributed by atoms with Gasteiger partial charge in [0.1, 0.15) is 6.04 Å². The molecule has 18 heavy (non-hydrogen) atoms. The van der Waals surface area contributed by atoms with Gasteiger partial charge in [-0.1, -0.05) is 11.6 Å². The van der Waals surface area contributed by atoms with Gasteiger partial charge in [0.2, 0.25) is 0 Å². The summed E-state index contributed by atoms with van der Waals surface area (Å²) < 4.78 is 0.808. The molecule has 0 radical (unpaired) electrons. The summed E-state index contributed by atoms with van der Waals surface area (Å²) in [5, 5.41) is 9.94. The minimum absolute atomic E-state index is 0.304. The Morgan fingerprint density at radius 3 is 2.78 bits per heavy atom. The van der Waals surface area contributed by atoms with Crippen LogP contribution in [0.3, 0.4) is 0 Å². The number of aromatic amines is 1. The molecule has 0 saturated carbocycles. The molecule has 0 amide bonds. The van der Waals surface area contributed by atoms with E-state index < -0.39 is 12.0 Å². The van der Waals surface area contributed by atoms with Gasteiger partial charge in [0.05, 0.1) is 4.60 Å². The second-order valence-corrected chi connectivity index (χ2v) is 5.36. The highest BCUT2D eigenvalue weighted by Gasteiger charge is 2.18. The Hall–Kier alpha value is -1.33. The highest BCUT2D eigenvalue weighted by atomic mass is 79.9. The molecular formula is C13H15BrN2O2. The Kier molecular flexibility index (Phi) is 3.45. The lowest BCUT2D eigenvalue weighted by Gasteiger charge is -2.06. The summed E-state index contributed by atoms with van der Waals surface area (Å²) in [5.74, 6) is -0.986. The van der Waals surface area contributed by atoms with Gasteiger partial charge < -0.3 is 15.8 Å². The number of aliphatic carboxylic acids is 1. The molecule has 4 N–H and O–H groups in total. The normalized spacial score (nSPS) is 12.9. The van der Waals surface area contributed by atoms with Crippen LogP contribution in [0.1, 0.15) is 16.7 Å². The predicted octanol–water partition coefficient (Wildman–Crippen LogP) is 2.50. The Morgan fingerprint density at radius 1 is 1.50 bits per heavy atom. The number of nitrogens with two attached hydrogens (primary N) is 1. The van der Waals surface area contributed by atoms with Crippen LogP contribution in [0.25, 0.3) is 10.9 Å². The quantitative estimate of drug-likeness (QED) is 0.815. The van der Waals surface area contributed by atoms with E-state index in [1.807, 2.05) is 19.9 Å². The fraction of sp³-hybridized carbons (Fsp3) is 0.308. The van der Waals surface area contributed by atoms with Crippen LogP contribution >= 0.6 is 15.9 Å². The molecule has 0 aliphatic heterocycles. The van der Waals surface area contributed by atoms with E-state index in [9.17, 15) is 4.79 Å². The highest BCUT2D eigenvalue weighted by molar-refractivity contribution is 9.10. The van der Waals surface area contributed by atoms with Crippen LogP contribution in [0.4, 0.5) is 0 Å². The number of benzene rings is 1. The third kappa shape index (κ3) is 2.28. The van der Waals surface area contributed by atoms with Gasteiger partial charge in [-0.15, -0.1) is 0 Å². The molecule has 0 spiro atoms. The first-order valence-corrected chi connectivity index (χ1v) is 6.45. The van der Waals surface area contributed by atoms with Gasteiger partial charge in [-0.25, -0.2) is 0 Å².